The van der Waals surface area contributed by atoms with Gasteiger partial charge in [0.1, 0.15) is 5.75 Å². The first kappa shape index (κ1) is 16.7. The molecule has 1 heterocycles. The molecule has 1 aliphatic heterocycles. The Hall–Kier alpha value is -2.17. The summed E-state index contributed by atoms with van der Waals surface area (Å²) in [4.78, 5) is 17.1. The van der Waals surface area contributed by atoms with Crippen LogP contribution in [0.5, 0.6) is 5.75 Å². The van der Waals surface area contributed by atoms with Crippen LogP contribution in [-0.4, -0.2) is 55.4 Å². The molecule has 1 aliphatic rings. The maximum Gasteiger partial charge on any atom is 0.176 e. The Morgan fingerprint density at radius 1 is 0.917 bits per heavy atom. The van der Waals surface area contributed by atoms with Gasteiger partial charge in [-0.15, -0.1) is 0 Å². The molecular formula is C20H24N2O2. The normalized spacial score (nSPS) is 16.0. The predicted octanol–water partition coefficient (Wildman–Crippen LogP) is 2.70. The van der Waals surface area contributed by atoms with Gasteiger partial charge < -0.3 is 4.74 Å². The van der Waals surface area contributed by atoms with Crippen molar-refractivity contribution in [3.8, 4) is 5.75 Å². The van der Waals surface area contributed by atoms with Crippen molar-refractivity contribution < 1.29 is 9.53 Å². The second-order valence-electron chi connectivity index (χ2n) is 6.19. The SMILES string of the molecule is COc1ccc(C(=O)CN2CCN(Cc3ccccc3)CC2)cc1. The number of hydrogen-bond donors (Lipinski definition) is 0. The highest BCUT2D eigenvalue weighted by atomic mass is 16.5. The number of ether oxygens (including phenoxy) is 1. The molecule has 0 N–H and O–H groups in total. The number of Topliss-reactive ketones (excluding diaryl/α,β-unsaturated/α-hetero) is 1. The van der Waals surface area contributed by atoms with Gasteiger partial charge in [-0.3, -0.25) is 14.6 Å². The first-order chi connectivity index (χ1) is 11.7. The average molecular weight is 324 g/mol. The van der Waals surface area contributed by atoms with E-state index in [0.29, 0.717) is 6.54 Å². The van der Waals surface area contributed by atoms with E-state index < -0.39 is 0 Å². The Morgan fingerprint density at radius 3 is 2.17 bits per heavy atom. The van der Waals surface area contributed by atoms with Crippen molar-refractivity contribution in [2.45, 2.75) is 6.54 Å². The van der Waals surface area contributed by atoms with Gasteiger partial charge in [0.15, 0.2) is 5.78 Å². The Morgan fingerprint density at radius 2 is 1.54 bits per heavy atom. The molecule has 0 amide bonds. The lowest BCUT2D eigenvalue weighted by Gasteiger charge is -2.34. The van der Waals surface area contributed by atoms with Crippen LogP contribution >= 0.6 is 0 Å². The molecule has 0 aromatic heterocycles. The average Bonchev–Trinajstić information content (AvgIpc) is 2.64. The lowest BCUT2D eigenvalue weighted by molar-refractivity contribution is 0.0844. The number of methoxy groups -OCH3 is 1. The molecule has 2 aromatic carbocycles. The lowest BCUT2D eigenvalue weighted by atomic mass is 10.1. The molecule has 1 saturated heterocycles. The number of benzene rings is 2. The molecule has 1 fully saturated rings. The highest BCUT2D eigenvalue weighted by Crippen LogP contribution is 2.13. The van der Waals surface area contributed by atoms with Crippen LogP contribution in [0.15, 0.2) is 54.6 Å². The summed E-state index contributed by atoms with van der Waals surface area (Å²) in [7, 11) is 1.63. The summed E-state index contributed by atoms with van der Waals surface area (Å²) < 4.78 is 5.13. The first-order valence-corrected chi connectivity index (χ1v) is 8.40. The quantitative estimate of drug-likeness (QED) is 0.765. The zero-order valence-electron chi connectivity index (χ0n) is 14.1. The van der Waals surface area contributed by atoms with E-state index in [-0.39, 0.29) is 5.78 Å². The molecular weight excluding hydrogens is 300 g/mol. The number of nitrogens with zero attached hydrogens (tertiary/aromatic N) is 2. The summed E-state index contributed by atoms with van der Waals surface area (Å²) in [6.07, 6.45) is 0. The monoisotopic (exact) mass is 324 g/mol. The fourth-order valence-electron chi connectivity index (χ4n) is 3.02. The van der Waals surface area contributed by atoms with Gasteiger partial charge in [0.25, 0.3) is 0 Å². The minimum Gasteiger partial charge on any atom is -0.497 e. The fourth-order valence-corrected chi connectivity index (χ4v) is 3.02. The summed E-state index contributed by atoms with van der Waals surface area (Å²) in [6, 6.07) is 17.9. The van der Waals surface area contributed by atoms with E-state index in [9.17, 15) is 4.79 Å². The Labute approximate surface area is 143 Å². The van der Waals surface area contributed by atoms with E-state index in [1.54, 1.807) is 7.11 Å². The smallest absolute Gasteiger partial charge is 0.176 e. The van der Waals surface area contributed by atoms with Gasteiger partial charge in [0.2, 0.25) is 0 Å². The molecule has 4 heteroatoms. The van der Waals surface area contributed by atoms with E-state index >= 15 is 0 Å². The maximum absolute atomic E-state index is 12.4. The van der Waals surface area contributed by atoms with Crippen LogP contribution in [0, 0.1) is 0 Å². The van der Waals surface area contributed by atoms with Gasteiger partial charge in [-0.1, -0.05) is 30.3 Å². The number of carbonyl (C=O) groups excluding carboxylic acids is 1. The third kappa shape index (κ3) is 4.43. The summed E-state index contributed by atoms with van der Waals surface area (Å²) in [5.41, 5.74) is 2.10. The van der Waals surface area contributed by atoms with Crippen molar-refractivity contribution in [1.82, 2.24) is 9.80 Å². The molecule has 4 nitrogen and oxygen atoms in total. The molecule has 3 rings (SSSR count). The summed E-state index contributed by atoms with van der Waals surface area (Å²) in [6.45, 7) is 5.37. The van der Waals surface area contributed by atoms with Crippen LogP contribution < -0.4 is 4.74 Å². The molecule has 126 valence electrons. The molecule has 0 aliphatic carbocycles. The second kappa shape index (κ2) is 8.08. The van der Waals surface area contributed by atoms with Crippen LogP contribution in [0.2, 0.25) is 0 Å². The van der Waals surface area contributed by atoms with Crippen LogP contribution in [-0.2, 0) is 6.54 Å². The van der Waals surface area contributed by atoms with E-state index in [2.05, 4.69) is 34.1 Å². The topological polar surface area (TPSA) is 32.8 Å². The minimum absolute atomic E-state index is 0.175. The summed E-state index contributed by atoms with van der Waals surface area (Å²) in [5, 5.41) is 0. The lowest BCUT2D eigenvalue weighted by Crippen LogP contribution is -2.47. The van der Waals surface area contributed by atoms with Crippen molar-refractivity contribution in [3.05, 3.63) is 65.7 Å². The minimum atomic E-state index is 0.175. The highest BCUT2D eigenvalue weighted by Gasteiger charge is 2.19. The third-order valence-electron chi connectivity index (χ3n) is 4.49. The molecule has 0 radical (unpaired) electrons. The van der Waals surface area contributed by atoms with Gasteiger partial charge in [-0.2, -0.15) is 0 Å². The maximum atomic E-state index is 12.4. The molecule has 0 bridgehead atoms. The van der Waals surface area contributed by atoms with Crippen LogP contribution in [0.25, 0.3) is 0 Å². The molecule has 24 heavy (non-hydrogen) atoms. The van der Waals surface area contributed by atoms with Gasteiger partial charge in [0.05, 0.1) is 13.7 Å². The summed E-state index contributed by atoms with van der Waals surface area (Å²) >= 11 is 0. The van der Waals surface area contributed by atoms with Gasteiger partial charge >= 0.3 is 0 Å². The van der Waals surface area contributed by atoms with Gasteiger partial charge in [0, 0.05) is 38.3 Å². The molecule has 0 spiro atoms. The number of ketones is 1. The van der Waals surface area contributed by atoms with Crippen molar-refractivity contribution >= 4 is 5.78 Å². The number of hydrogen-bond acceptors (Lipinski definition) is 4. The Kier molecular flexibility index (Phi) is 5.62. The van der Waals surface area contributed by atoms with E-state index in [0.717, 1.165) is 44.0 Å². The van der Waals surface area contributed by atoms with Crippen molar-refractivity contribution in [2.75, 3.05) is 39.8 Å². The zero-order chi connectivity index (χ0) is 16.8. The van der Waals surface area contributed by atoms with Gasteiger partial charge in [-0.05, 0) is 29.8 Å². The highest BCUT2D eigenvalue weighted by molar-refractivity contribution is 5.97. The Balaban J connectivity index is 1.47. The zero-order valence-corrected chi connectivity index (χ0v) is 14.1. The van der Waals surface area contributed by atoms with Crippen molar-refractivity contribution in [2.24, 2.45) is 0 Å². The van der Waals surface area contributed by atoms with Crippen LogP contribution in [0.3, 0.4) is 0 Å². The summed E-state index contributed by atoms with van der Waals surface area (Å²) in [5.74, 6) is 0.954. The Bertz CT molecular complexity index is 647. The standard InChI is InChI=1S/C20H24N2O2/c1-24-19-9-7-18(8-10-19)20(23)16-22-13-11-21(12-14-22)15-17-5-3-2-4-6-17/h2-10H,11-16H2,1H3. The molecule has 2 aromatic rings. The first-order valence-electron chi connectivity index (χ1n) is 8.40. The van der Waals surface area contributed by atoms with Crippen molar-refractivity contribution in [1.29, 1.82) is 0 Å². The van der Waals surface area contributed by atoms with Crippen LogP contribution in [0.4, 0.5) is 0 Å². The third-order valence-corrected chi connectivity index (χ3v) is 4.49. The van der Waals surface area contributed by atoms with E-state index in [4.69, 9.17) is 4.74 Å². The molecule has 0 unspecified atom stereocenters. The fraction of sp³-hybridized carbons (Fsp3) is 0.350. The largest absolute Gasteiger partial charge is 0.497 e. The number of rotatable bonds is 6. The van der Waals surface area contributed by atoms with Crippen LogP contribution in [0.1, 0.15) is 15.9 Å². The number of carbonyl (C=O) groups is 1. The number of piperazine rings is 1. The van der Waals surface area contributed by atoms with E-state index in [1.807, 2.05) is 30.3 Å². The second-order valence-corrected chi connectivity index (χ2v) is 6.19. The molecule has 0 saturated carbocycles. The van der Waals surface area contributed by atoms with E-state index in [1.165, 1.54) is 5.56 Å². The van der Waals surface area contributed by atoms with Crippen molar-refractivity contribution in [3.63, 3.8) is 0 Å². The predicted molar refractivity (Wildman–Crippen MR) is 95.5 cm³/mol. The molecule has 0 atom stereocenters. The van der Waals surface area contributed by atoms with Gasteiger partial charge in [-0.25, -0.2) is 0 Å².